The van der Waals surface area contributed by atoms with E-state index in [9.17, 15) is 21.6 Å². The quantitative estimate of drug-likeness (QED) is 0.713. The van der Waals surface area contributed by atoms with Gasteiger partial charge in [-0.15, -0.1) is 0 Å². The average molecular weight is 443 g/mol. The van der Waals surface area contributed by atoms with Crippen molar-refractivity contribution in [3.63, 3.8) is 0 Å². The zero-order valence-electron chi connectivity index (χ0n) is 16.9. The zero-order valence-corrected chi connectivity index (χ0v) is 17.7. The summed E-state index contributed by atoms with van der Waals surface area (Å²) in [6.07, 6.45) is -2.69. The standard InChI is InChI=1S/C20H25F3N4O2S/c1-25(2)30(28,29)18-6-3-5-16(13-18)15-26-9-4-10-27(12-11-26)19-8-7-17(14-24-19)20(21,22)23/h3,5-8,13-14H,4,9-12,15H2,1-2H3. The number of pyridine rings is 1. The lowest BCUT2D eigenvalue weighted by molar-refractivity contribution is -0.137. The van der Waals surface area contributed by atoms with Crippen molar-refractivity contribution in [2.75, 3.05) is 45.2 Å². The molecule has 0 saturated carbocycles. The Morgan fingerprint density at radius 1 is 1.07 bits per heavy atom. The molecule has 164 valence electrons. The van der Waals surface area contributed by atoms with Crippen molar-refractivity contribution in [3.8, 4) is 0 Å². The molecular weight excluding hydrogens is 417 g/mol. The number of sulfonamides is 1. The molecule has 3 rings (SSSR count). The molecule has 0 aliphatic carbocycles. The molecule has 1 saturated heterocycles. The van der Waals surface area contributed by atoms with Gasteiger partial charge < -0.3 is 4.90 Å². The minimum atomic E-state index is -4.39. The normalized spacial score (nSPS) is 16.7. The van der Waals surface area contributed by atoms with Crippen LogP contribution in [0.1, 0.15) is 17.5 Å². The van der Waals surface area contributed by atoms with Crippen molar-refractivity contribution in [2.24, 2.45) is 0 Å². The number of rotatable bonds is 5. The second-order valence-corrected chi connectivity index (χ2v) is 9.61. The number of anilines is 1. The minimum absolute atomic E-state index is 0.260. The summed E-state index contributed by atoms with van der Waals surface area (Å²) in [5.74, 6) is 0.531. The van der Waals surface area contributed by atoms with Gasteiger partial charge in [-0.1, -0.05) is 12.1 Å². The summed E-state index contributed by atoms with van der Waals surface area (Å²) in [4.78, 5) is 8.44. The van der Waals surface area contributed by atoms with E-state index in [1.165, 1.54) is 24.5 Å². The molecule has 0 unspecified atom stereocenters. The number of hydrogen-bond acceptors (Lipinski definition) is 5. The van der Waals surface area contributed by atoms with E-state index < -0.39 is 21.8 Å². The molecule has 0 amide bonds. The van der Waals surface area contributed by atoms with Crippen molar-refractivity contribution in [1.82, 2.24) is 14.2 Å². The maximum atomic E-state index is 12.7. The van der Waals surface area contributed by atoms with Crippen LogP contribution in [0.3, 0.4) is 0 Å². The van der Waals surface area contributed by atoms with Crippen LogP contribution in [0.4, 0.5) is 19.0 Å². The summed E-state index contributed by atoms with van der Waals surface area (Å²) in [5.41, 5.74) is 0.147. The second kappa shape index (κ2) is 8.91. The Labute approximate surface area is 175 Å². The zero-order chi connectivity index (χ0) is 21.9. The topological polar surface area (TPSA) is 56.8 Å². The van der Waals surface area contributed by atoms with Crippen LogP contribution in [0, 0.1) is 0 Å². The number of alkyl halides is 3. The Balaban J connectivity index is 1.65. The molecular formula is C20H25F3N4O2S. The van der Waals surface area contributed by atoms with Gasteiger partial charge in [0.05, 0.1) is 10.5 Å². The molecule has 6 nitrogen and oxygen atoms in total. The average Bonchev–Trinajstić information content (AvgIpc) is 2.93. The molecule has 0 N–H and O–H groups in total. The van der Waals surface area contributed by atoms with Crippen LogP contribution in [0.2, 0.25) is 0 Å². The Morgan fingerprint density at radius 3 is 2.47 bits per heavy atom. The summed E-state index contributed by atoms with van der Waals surface area (Å²) in [6.45, 7) is 3.44. The number of hydrogen-bond donors (Lipinski definition) is 0. The summed E-state index contributed by atoms with van der Waals surface area (Å²) < 4.78 is 64.1. The van der Waals surface area contributed by atoms with Crippen LogP contribution in [-0.4, -0.2) is 62.9 Å². The molecule has 1 aliphatic heterocycles. The van der Waals surface area contributed by atoms with Crippen LogP contribution in [0.5, 0.6) is 0 Å². The Hall–Kier alpha value is -2.17. The molecule has 2 aromatic rings. The third-order valence-electron chi connectivity index (χ3n) is 5.07. The van der Waals surface area contributed by atoms with Crippen LogP contribution in [-0.2, 0) is 22.7 Å². The van der Waals surface area contributed by atoms with Crippen LogP contribution in [0.15, 0.2) is 47.5 Å². The third kappa shape index (κ3) is 5.30. The first-order valence-corrected chi connectivity index (χ1v) is 11.0. The van der Waals surface area contributed by atoms with Gasteiger partial charge in [-0.25, -0.2) is 17.7 Å². The minimum Gasteiger partial charge on any atom is -0.355 e. The lowest BCUT2D eigenvalue weighted by Crippen LogP contribution is -2.31. The molecule has 30 heavy (non-hydrogen) atoms. The van der Waals surface area contributed by atoms with Crippen molar-refractivity contribution in [3.05, 3.63) is 53.7 Å². The Morgan fingerprint density at radius 2 is 1.83 bits per heavy atom. The number of halogens is 3. The molecule has 10 heteroatoms. The summed E-state index contributed by atoms with van der Waals surface area (Å²) in [7, 11) is -0.487. The van der Waals surface area contributed by atoms with Crippen LogP contribution >= 0.6 is 0 Å². The van der Waals surface area contributed by atoms with Crippen molar-refractivity contribution < 1.29 is 21.6 Å². The molecule has 0 spiro atoms. The van der Waals surface area contributed by atoms with E-state index in [1.54, 1.807) is 18.2 Å². The number of benzene rings is 1. The highest BCUT2D eigenvalue weighted by Gasteiger charge is 2.31. The molecule has 0 radical (unpaired) electrons. The molecule has 0 atom stereocenters. The molecule has 1 fully saturated rings. The first-order chi connectivity index (χ1) is 14.1. The van der Waals surface area contributed by atoms with Gasteiger partial charge in [-0.2, -0.15) is 13.2 Å². The van der Waals surface area contributed by atoms with E-state index in [0.717, 1.165) is 30.8 Å². The van der Waals surface area contributed by atoms with Gasteiger partial charge in [0.15, 0.2) is 0 Å². The van der Waals surface area contributed by atoms with Crippen molar-refractivity contribution in [2.45, 2.75) is 24.0 Å². The molecule has 1 aromatic carbocycles. The van der Waals surface area contributed by atoms with Gasteiger partial charge in [0.2, 0.25) is 10.0 Å². The van der Waals surface area contributed by atoms with E-state index in [4.69, 9.17) is 0 Å². The highest BCUT2D eigenvalue weighted by Crippen LogP contribution is 2.29. The fraction of sp³-hybridized carbons (Fsp3) is 0.450. The highest BCUT2D eigenvalue weighted by atomic mass is 32.2. The highest BCUT2D eigenvalue weighted by molar-refractivity contribution is 7.89. The van der Waals surface area contributed by atoms with Gasteiger partial charge in [-0.05, 0) is 36.2 Å². The van der Waals surface area contributed by atoms with Gasteiger partial charge in [0, 0.05) is 53.0 Å². The second-order valence-electron chi connectivity index (χ2n) is 7.45. The van der Waals surface area contributed by atoms with Crippen LogP contribution in [0.25, 0.3) is 0 Å². The Bertz CT molecular complexity index is 963. The molecule has 1 aliphatic rings. The van der Waals surface area contributed by atoms with E-state index in [1.807, 2.05) is 11.0 Å². The Kier molecular flexibility index (Phi) is 6.68. The van der Waals surface area contributed by atoms with Crippen LogP contribution < -0.4 is 4.90 Å². The van der Waals surface area contributed by atoms with E-state index >= 15 is 0 Å². The number of aromatic nitrogens is 1. The fourth-order valence-corrected chi connectivity index (χ4v) is 4.34. The lowest BCUT2D eigenvalue weighted by Gasteiger charge is -2.23. The lowest BCUT2D eigenvalue weighted by atomic mass is 10.2. The van der Waals surface area contributed by atoms with Gasteiger partial charge >= 0.3 is 6.18 Å². The predicted molar refractivity (Wildman–Crippen MR) is 109 cm³/mol. The predicted octanol–water partition coefficient (Wildman–Crippen LogP) is 3.06. The largest absolute Gasteiger partial charge is 0.417 e. The van der Waals surface area contributed by atoms with Gasteiger partial charge in [0.25, 0.3) is 0 Å². The maximum absolute atomic E-state index is 12.7. The number of nitrogens with zero attached hydrogens (tertiary/aromatic N) is 4. The smallest absolute Gasteiger partial charge is 0.355 e. The van der Waals surface area contributed by atoms with E-state index in [2.05, 4.69) is 9.88 Å². The fourth-order valence-electron chi connectivity index (χ4n) is 3.37. The first-order valence-electron chi connectivity index (χ1n) is 9.59. The maximum Gasteiger partial charge on any atom is 0.417 e. The summed E-state index contributed by atoms with van der Waals surface area (Å²) in [6, 6.07) is 9.38. The monoisotopic (exact) mass is 442 g/mol. The van der Waals surface area contributed by atoms with Crippen molar-refractivity contribution >= 4 is 15.8 Å². The van der Waals surface area contributed by atoms with Crippen molar-refractivity contribution in [1.29, 1.82) is 0 Å². The molecule has 1 aromatic heterocycles. The third-order valence-corrected chi connectivity index (χ3v) is 6.88. The summed E-state index contributed by atoms with van der Waals surface area (Å²) >= 11 is 0. The summed E-state index contributed by atoms with van der Waals surface area (Å²) in [5, 5.41) is 0. The SMILES string of the molecule is CN(C)S(=O)(=O)c1cccc(CN2CCCN(c3ccc(C(F)(F)F)cn3)CC2)c1. The van der Waals surface area contributed by atoms with E-state index in [0.29, 0.717) is 32.0 Å². The molecule has 2 heterocycles. The first kappa shape index (κ1) is 22.5. The van der Waals surface area contributed by atoms with Gasteiger partial charge in [0.1, 0.15) is 5.82 Å². The van der Waals surface area contributed by atoms with E-state index in [-0.39, 0.29) is 4.90 Å². The molecule has 0 bridgehead atoms. The van der Waals surface area contributed by atoms with Gasteiger partial charge in [-0.3, -0.25) is 4.90 Å².